The van der Waals surface area contributed by atoms with Gasteiger partial charge < -0.3 is 5.11 Å². The molecule has 0 radical (unpaired) electrons. The third-order valence-corrected chi connectivity index (χ3v) is 4.15. The van der Waals surface area contributed by atoms with E-state index in [4.69, 9.17) is 0 Å². The second-order valence-electron chi connectivity index (χ2n) is 4.73. The molecule has 9 heteroatoms. The van der Waals surface area contributed by atoms with Crippen molar-refractivity contribution in [2.75, 3.05) is 0 Å². The first-order valence-electron chi connectivity index (χ1n) is 6.57. The number of aromatic hydroxyl groups is 1. The average molecular weight is 457 g/mol. The molecule has 124 valence electrons. The number of halogens is 2. The molecule has 2 rings (SSSR count). The summed E-state index contributed by atoms with van der Waals surface area (Å²) in [5.41, 5.74) is 3.32. The zero-order valence-electron chi connectivity index (χ0n) is 12.3. The maximum Gasteiger partial charge on any atom is 0.271 e. The molecule has 7 nitrogen and oxygen atoms in total. The number of nitro groups is 1. The van der Waals surface area contributed by atoms with Crippen molar-refractivity contribution < 1.29 is 14.8 Å². The molecule has 0 heterocycles. The van der Waals surface area contributed by atoms with Crippen LogP contribution >= 0.6 is 31.9 Å². The number of carbonyl (C=O) groups is 1. The van der Waals surface area contributed by atoms with Gasteiger partial charge in [-0.1, -0.05) is 15.9 Å². The normalized spacial score (nSPS) is 11.2. The van der Waals surface area contributed by atoms with Crippen molar-refractivity contribution in [1.82, 2.24) is 5.43 Å². The summed E-state index contributed by atoms with van der Waals surface area (Å²) in [6.45, 7) is 1.63. The van der Waals surface area contributed by atoms with Gasteiger partial charge >= 0.3 is 0 Å². The van der Waals surface area contributed by atoms with Crippen LogP contribution in [0.1, 0.15) is 22.8 Å². The Balaban J connectivity index is 2.17. The van der Waals surface area contributed by atoms with Gasteiger partial charge in [0.15, 0.2) is 0 Å². The Hall–Kier alpha value is -2.26. The number of hydrogen-bond donors (Lipinski definition) is 2. The zero-order chi connectivity index (χ0) is 17.9. The fourth-order valence-corrected chi connectivity index (χ4v) is 3.06. The summed E-state index contributed by atoms with van der Waals surface area (Å²) in [6.07, 6.45) is 0. The van der Waals surface area contributed by atoms with E-state index >= 15 is 0 Å². The largest absolute Gasteiger partial charge is 0.506 e. The molecule has 24 heavy (non-hydrogen) atoms. The maximum absolute atomic E-state index is 12.0. The van der Waals surface area contributed by atoms with Crippen molar-refractivity contribution >= 4 is 49.2 Å². The van der Waals surface area contributed by atoms with Crippen LogP contribution in [0.5, 0.6) is 5.75 Å². The van der Waals surface area contributed by atoms with E-state index < -0.39 is 10.8 Å². The van der Waals surface area contributed by atoms with Crippen LogP contribution < -0.4 is 5.43 Å². The van der Waals surface area contributed by atoms with Gasteiger partial charge in [-0.3, -0.25) is 14.9 Å². The number of hydrazone groups is 1. The van der Waals surface area contributed by atoms with Crippen LogP contribution in [0.25, 0.3) is 0 Å². The van der Waals surface area contributed by atoms with Crippen molar-refractivity contribution in [2.45, 2.75) is 6.92 Å². The van der Waals surface area contributed by atoms with Crippen LogP contribution in [0.2, 0.25) is 0 Å². The minimum absolute atomic E-state index is 0.00374. The van der Waals surface area contributed by atoms with Gasteiger partial charge in [0.1, 0.15) is 5.75 Å². The number of non-ortho nitro benzene ring substituents is 1. The number of nitrogens with one attached hydrogen (secondary N) is 1. The van der Waals surface area contributed by atoms with Gasteiger partial charge in [0.25, 0.3) is 11.6 Å². The van der Waals surface area contributed by atoms with Crippen molar-refractivity contribution in [3.8, 4) is 5.75 Å². The molecule has 2 N–H and O–H groups in total. The Kier molecular flexibility index (Phi) is 5.68. The molecule has 0 saturated heterocycles. The van der Waals surface area contributed by atoms with Crippen LogP contribution in [0.15, 0.2) is 50.4 Å². The Morgan fingerprint density at radius 3 is 2.46 bits per heavy atom. The quantitative estimate of drug-likeness (QED) is 0.412. The summed E-state index contributed by atoms with van der Waals surface area (Å²) >= 11 is 6.54. The fourth-order valence-electron chi connectivity index (χ4n) is 1.84. The van der Waals surface area contributed by atoms with Gasteiger partial charge in [0.05, 0.1) is 15.1 Å². The topological polar surface area (TPSA) is 105 Å². The van der Waals surface area contributed by atoms with E-state index in [0.717, 1.165) is 4.47 Å². The molecular weight excluding hydrogens is 446 g/mol. The Bertz CT molecular complexity index is 835. The van der Waals surface area contributed by atoms with Gasteiger partial charge in [-0.05, 0) is 47.1 Å². The first-order chi connectivity index (χ1) is 11.3. The second-order valence-corrected chi connectivity index (χ2v) is 6.50. The molecule has 0 fully saturated rings. The minimum atomic E-state index is -0.544. The van der Waals surface area contributed by atoms with Gasteiger partial charge in [-0.25, -0.2) is 5.43 Å². The summed E-state index contributed by atoms with van der Waals surface area (Å²) in [4.78, 5) is 22.1. The van der Waals surface area contributed by atoms with Crippen molar-refractivity contribution in [3.05, 3.63) is 66.6 Å². The Morgan fingerprint density at radius 2 is 1.88 bits per heavy atom. The lowest BCUT2D eigenvalue weighted by atomic mass is 10.1. The molecule has 0 atom stereocenters. The summed E-state index contributed by atoms with van der Waals surface area (Å²) in [5, 5.41) is 24.6. The standard InChI is InChI=1S/C15H11Br2N3O4/c1-8(12-6-10(16)7-13(17)14(12)21)18-19-15(22)9-2-4-11(5-3-9)20(23)24/h2-7,21H,1H3,(H,19,22). The smallest absolute Gasteiger partial charge is 0.271 e. The first-order valence-corrected chi connectivity index (χ1v) is 8.15. The van der Waals surface area contributed by atoms with Gasteiger partial charge in [-0.15, -0.1) is 0 Å². The van der Waals surface area contributed by atoms with Gasteiger partial charge in [-0.2, -0.15) is 5.10 Å². The minimum Gasteiger partial charge on any atom is -0.506 e. The SMILES string of the molecule is CC(=NNC(=O)c1ccc([N+](=O)[O-])cc1)c1cc(Br)cc(Br)c1O. The number of benzene rings is 2. The number of nitrogens with zero attached hydrogens (tertiary/aromatic N) is 2. The van der Waals surface area contributed by atoms with E-state index in [1.807, 2.05) is 0 Å². The van der Waals surface area contributed by atoms with E-state index in [1.165, 1.54) is 24.3 Å². The van der Waals surface area contributed by atoms with E-state index in [1.54, 1.807) is 19.1 Å². The number of rotatable bonds is 4. The van der Waals surface area contributed by atoms with Crippen LogP contribution in [-0.4, -0.2) is 21.6 Å². The number of nitro benzene ring substituents is 1. The number of hydrogen-bond acceptors (Lipinski definition) is 5. The highest BCUT2D eigenvalue weighted by molar-refractivity contribution is 9.11. The third-order valence-electron chi connectivity index (χ3n) is 3.08. The molecule has 0 aromatic heterocycles. The number of phenols is 1. The van der Waals surface area contributed by atoms with Crippen LogP contribution in [0.3, 0.4) is 0 Å². The van der Waals surface area contributed by atoms with E-state index in [2.05, 4.69) is 42.4 Å². The summed E-state index contributed by atoms with van der Waals surface area (Å²) in [5.74, 6) is -0.512. The predicted octanol–water partition coefficient (Wildman–Crippen LogP) is 3.98. The summed E-state index contributed by atoms with van der Waals surface area (Å²) in [7, 11) is 0. The summed E-state index contributed by atoms with van der Waals surface area (Å²) < 4.78 is 1.22. The molecule has 2 aromatic rings. The molecular formula is C15H11Br2N3O4. The molecule has 0 bridgehead atoms. The molecule has 0 aliphatic heterocycles. The number of carbonyl (C=O) groups excluding carboxylic acids is 1. The maximum atomic E-state index is 12.0. The van der Waals surface area contributed by atoms with E-state index in [0.29, 0.717) is 15.7 Å². The van der Waals surface area contributed by atoms with Crippen molar-refractivity contribution in [3.63, 3.8) is 0 Å². The highest BCUT2D eigenvalue weighted by Gasteiger charge is 2.12. The summed E-state index contributed by atoms with van der Waals surface area (Å²) in [6, 6.07) is 8.50. The molecule has 0 aliphatic carbocycles. The lowest BCUT2D eigenvalue weighted by Crippen LogP contribution is -2.19. The van der Waals surface area contributed by atoms with Crippen molar-refractivity contribution in [2.24, 2.45) is 5.10 Å². The Morgan fingerprint density at radius 1 is 1.25 bits per heavy atom. The lowest BCUT2D eigenvalue weighted by Gasteiger charge is -2.07. The van der Waals surface area contributed by atoms with Crippen LogP contribution in [0.4, 0.5) is 5.69 Å². The number of phenolic OH excluding ortho intramolecular Hbond substituents is 1. The predicted molar refractivity (Wildman–Crippen MR) is 96.3 cm³/mol. The molecule has 0 saturated carbocycles. The molecule has 2 aromatic carbocycles. The monoisotopic (exact) mass is 455 g/mol. The Labute approximate surface area is 153 Å². The molecule has 0 aliphatic rings. The third kappa shape index (κ3) is 4.18. The van der Waals surface area contributed by atoms with Gasteiger partial charge in [0, 0.05) is 27.7 Å². The van der Waals surface area contributed by atoms with E-state index in [-0.39, 0.29) is 17.0 Å². The fraction of sp³-hybridized carbons (Fsp3) is 0.0667. The zero-order valence-corrected chi connectivity index (χ0v) is 15.5. The molecule has 0 spiro atoms. The van der Waals surface area contributed by atoms with Crippen LogP contribution in [0, 0.1) is 10.1 Å². The highest BCUT2D eigenvalue weighted by Crippen LogP contribution is 2.32. The highest BCUT2D eigenvalue weighted by atomic mass is 79.9. The van der Waals surface area contributed by atoms with Gasteiger partial charge in [0.2, 0.25) is 0 Å². The van der Waals surface area contributed by atoms with Crippen molar-refractivity contribution in [1.29, 1.82) is 0 Å². The second kappa shape index (κ2) is 7.54. The first kappa shape index (κ1) is 18.1. The van der Waals surface area contributed by atoms with Crippen LogP contribution in [-0.2, 0) is 0 Å². The molecule has 1 amide bonds. The molecule has 0 unspecified atom stereocenters. The average Bonchev–Trinajstić information content (AvgIpc) is 2.55. The lowest BCUT2D eigenvalue weighted by molar-refractivity contribution is -0.384. The van der Waals surface area contributed by atoms with E-state index in [9.17, 15) is 20.0 Å². The number of amides is 1.